The maximum Gasteiger partial charge on any atom is 0.0462 e. The number of hydrogen-bond donors (Lipinski definition) is 1. The predicted octanol–water partition coefficient (Wildman–Crippen LogP) is 4.39. The van der Waals surface area contributed by atoms with Crippen LogP contribution in [0.1, 0.15) is 71.1 Å². The number of methoxy groups -OCH3 is 1. The number of nitrogens with one attached hydrogen (secondary N) is 1. The largest absolute Gasteiger partial charge is 0.385 e. The molecule has 2 heteroatoms. The Kier molecular flexibility index (Phi) is 7.37. The molecule has 0 aromatic carbocycles. The van der Waals surface area contributed by atoms with Crippen LogP contribution in [0.5, 0.6) is 0 Å². The summed E-state index contributed by atoms with van der Waals surface area (Å²) in [4.78, 5) is 0. The Morgan fingerprint density at radius 1 is 1.10 bits per heavy atom. The Bertz CT molecular complexity index is 254. The van der Waals surface area contributed by atoms with Crippen molar-refractivity contribution >= 4 is 0 Å². The summed E-state index contributed by atoms with van der Waals surface area (Å²) in [6.07, 6.45) is 14.3. The molecular weight excluding hydrogens is 246 g/mol. The smallest absolute Gasteiger partial charge is 0.0462 e. The fourth-order valence-electron chi connectivity index (χ4n) is 4.56. The minimum absolute atomic E-state index is 0.743. The van der Waals surface area contributed by atoms with E-state index in [1.54, 1.807) is 0 Å². The Morgan fingerprint density at radius 3 is 2.65 bits per heavy atom. The van der Waals surface area contributed by atoms with Crippen LogP contribution in [-0.2, 0) is 4.74 Å². The van der Waals surface area contributed by atoms with Crippen LogP contribution < -0.4 is 5.32 Å². The van der Waals surface area contributed by atoms with Crippen molar-refractivity contribution in [1.82, 2.24) is 5.32 Å². The van der Waals surface area contributed by atoms with Crippen molar-refractivity contribution in [1.29, 1.82) is 0 Å². The lowest BCUT2D eigenvalue weighted by Crippen LogP contribution is -2.41. The third-order valence-electron chi connectivity index (χ3n) is 5.67. The Balaban J connectivity index is 1.83. The standard InChI is InChI=1S/C18H35NO/c1-3-12-19-18(9-6-13-20-2)17-11-10-15-7-4-5-8-16(15)14-17/h15-19H,3-14H2,1-2H3. The molecule has 0 saturated heterocycles. The van der Waals surface area contributed by atoms with Crippen molar-refractivity contribution < 1.29 is 4.74 Å². The monoisotopic (exact) mass is 281 g/mol. The third-order valence-corrected chi connectivity index (χ3v) is 5.67. The molecule has 0 amide bonds. The Morgan fingerprint density at radius 2 is 1.90 bits per heavy atom. The zero-order valence-electron chi connectivity index (χ0n) is 13.7. The summed E-state index contributed by atoms with van der Waals surface area (Å²) in [5.41, 5.74) is 0. The first-order valence-electron chi connectivity index (χ1n) is 9.07. The second-order valence-electron chi connectivity index (χ2n) is 7.07. The summed E-state index contributed by atoms with van der Waals surface area (Å²) >= 11 is 0. The van der Waals surface area contributed by atoms with Gasteiger partial charge >= 0.3 is 0 Å². The van der Waals surface area contributed by atoms with Gasteiger partial charge in [0.05, 0.1) is 0 Å². The molecule has 0 spiro atoms. The van der Waals surface area contributed by atoms with Crippen LogP contribution in [0.15, 0.2) is 0 Å². The first kappa shape index (κ1) is 16.3. The van der Waals surface area contributed by atoms with E-state index in [-0.39, 0.29) is 0 Å². The normalized spacial score (nSPS) is 31.8. The summed E-state index contributed by atoms with van der Waals surface area (Å²) in [5.74, 6) is 3.06. The van der Waals surface area contributed by atoms with Gasteiger partial charge < -0.3 is 10.1 Å². The highest BCUT2D eigenvalue weighted by Gasteiger charge is 2.34. The van der Waals surface area contributed by atoms with Gasteiger partial charge in [0.15, 0.2) is 0 Å². The van der Waals surface area contributed by atoms with E-state index in [0.29, 0.717) is 0 Å². The maximum absolute atomic E-state index is 5.24. The number of ether oxygens (including phenoxy) is 1. The van der Waals surface area contributed by atoms with Gasteiger partial charge in [0, 0.05) is 19.8 Å². The quantitative estimate of drug-likeness (QED) is 0.666. The van der Waals surface area contributed by atoms with Gasteiger partial charge in [-0.05, 0) is 62.8 Å². The lowest BCUT2D eigenvalue weighted by atomic mass is 9.66. The van der Waals surface area contributed by atoms with Gasteiger partial charge in [0.25, 0.3) is 0 Å². The molecule has 0 heterocycles. The molecule has 0 aliphatic heterocycles. The maximum atomic E-state index is 5.24. The van der Waals surface area contributed by atoms with Crippen LogP contribution in [0.2, 0.25) is 0 Å². The first-order valence-corrected chi connectivity index (χ1v) is 9.07. The average Bonchev–Trinajstić information content (AvgIpc) is 2.50. The second-order valence-corrected chi connectivity index (χ2v) is 7.07. The summed E-state index contributed by atoms with van der Waals surface area (Å²) < 4.78 is 5.24. The first-order chi connectivity index (χ1) is 9.85. The number of fused-ring (bicyclic) bond motifs is 1. The van der Waals surface area contributed by atoms with E-state index in [1.165, 1.54) is 70.8 Å². The minimum Gasteiger partial charge on any atom is -0.385 e. The van der Waals surface area contributed by atoms with E-state index in [9.17, 15) is 0 Å². The van der Waals surface area contributed by atoms with E-state index in [4.69, 9.17) is 4.74 Å². The summed E-state index contributed by atoms with van der Waals surface area (Å²) in [5, 5.41) is 3.84. The Labute approximate surface area is 126 Å². The lowest BCUT2D eigenvalue weighted by Gasteiger charge is -2.42. The molecule has 4 atom stereocenters. The molecule has 1 N–H and O–H groups in total. The van der Waals surface area contributed by atoms with Crippen molar-refractivity contribution in [2.45, 2.75) is 77.2 Å². The summed E-state index contributed by atoms with van der Waals surface area (Å²) in [6.45, 7) is 4.38. The van der Waals surface area contributed by atoms with E-state index < -0.39 is 0 Å². The molecule has 0 radical (unpaired) electrons. The van der Waals surface area contributed by atoms with Crippen molar-refractivity contribution in [3.8, 4) is 0 Å². The molecule has 2 fully saturated rings. The van der Waals surface area contributed by atoms with Crippen molar-refractivity contribution in [3.05, 3.63) is 0 Å². The fraction of sp³-hybridized carbons (Fsp3) is 1.00. The zero-order chi connectivity index (χ0) is 14.2. The molecular formula is C18H35NO. The highest BCUT2D eigenvalue weighted by Crippen LogP contribution is 2.44. The van der Waals surface area contributed by atoms with E-state index in [2.05, 4.69) is 12.2 Å². The van der Waals surface area contributed by atoms with Gasteiger partial charge in [0.2, 0.25) is 0 Å². The lowest BCUT2D eigenvalue weighted by molar-refractivity contribution is 0.103. The van der Waals surface area contributed by atoms with Gasteiger partial charge in [-0.1, -0.05) is 32.6 Å². The number of hydrogen-bond acceptors (Lipinski definition) is 2. The predicted molar refractivity (Wildman–Crippen MR) is 86.0 cm³/mol. The molecule has 2 aliphatic carbocycles. The molecule has 118 valence electrons. The van der Waals surface area contributed by atoms with Crippen LogP contribution in [0, 0.1) is 17.8 Å². The van der Waals surface area contributed by atoms with E-state index in [1.807, 2.05) is 7.11 Å². The number of rotatable bonds is 8. The van der Waals surface area contributed by atoms with E-state index in [0.717, 1.165) is 30.4 Å². The molecule has 2 saturated carbocycles. The Hall–Kier alpha value is -0.0800. The second kappa shape index (κ2) is 9.04. The van der Waals surface area contributed by atoms with Gasteiger partial charge in [-0.25, -0.2) is 0 Å². The molecule has 0 bridgehead atoms. The van der Waals surface area contributed by atoms with Gasteiger partial charge in [-0.3, -0.25) is 0 Å². The summed E-state index contributed by atoms with van der Waals surface area (Å²) in [6, 6.07) is 0.743. The summed E-state index contributed by atoms with van der Waals surface area (Å²) in [7, 11) is 1.82. The van der Waals surface area contributed by atoms with Crippen LogP contribution in [0.25, 0.3) is 0 Å². The molecule has 0 aromatic heterocycles. The fourth-order valence-corrected chi connectivity index (χ4v) is 4.56. The van der Waals surface area contributed by atoms with Gasteiger partial charge in [-0.15, -0.1) is 0 Å². The highest BCUT2D eigenvalue weighted by atomic mass is 16.5. The van der Waals surface area contributed by atoms with Crippen LogP contribution >= 0.6 is 0 Å². The molecule has 4 unspecified atom stereocenters. The third kappa shape index (κ3) is 4.73. The van der Waals surface area contributed by atoms with Crippen LogP contribution in [0.4, 0.5) is 0 Å². The van der Waals surface area contributed by atoms with Crippen molar-refractivity contribution in [2.75, 3.05) is 20.3 Å². The van der Waals surface area contributed by atoms with Crippen LogP contribution in [-0.4, -0.2) is 26.3 Å². The molecule has 20 heavy (non-hydrogen) atoms. The highest BCUT2D eigenvalue weighted by molar-refractivity contribution is 4.88. The molecule has 2 nitrogen and oxygen atoms in total. The van der Waals surface area contributed by atoms with Gasteiger partial charge in [0.1, 0.15) is 0 Å². The SMILES string of the molecule is CCCNC(CCCOC)C1CCC2CCCCC2C1. The average molecular weight is 281 g/mol. The minimum atomic E-state index is 0.743. The van der Waals surface area contributed by atoms with E-state index >= 15 is 0 Å². The van der Waals surface area contributed by atoms with Crippen LogP contribution in [0.3, 0.4) is 0 Å². The van der Waals surface area contributed by atoms with Crippen molar-refractivity contribution in [2.24, 2.45) is 17.8 Å². The van der Waals surface area contributed by atoms with Crippen molar-refractivity contribution in [3.63, 3.8) is 0 Å². The topological polar surface area (TPSA) is 21.3 Å². The van der Waals surface area contributed by atoms with Gasteiger partial charge in [-0.2, -0.15) is 0 Å². The molecule has 2 rings (SSSR count). The molecule has 0 aromatic rings. The zero-order valence-corrected chi connectivity index (χ0v) is 13.7. The molecule has 2 aliphatic rings.